The third kappa shape index (κ3) is 2.12. The van der Waals surface area contributed by atoms with E-state index in [0.717, 1.165) is 24.6 Å². The van der Waals surface area contributed by atoms with Crippen molar-refractivity contribution in [1.82, 2.24) is 14.7 Å². The van der Waals surface area contributed by atoms with E-state index in [-0.39, 0.29) is 6.04 Å². The zero-order valence-corrected chi connectivity index (χ0v) is 9.40. The predicted octanol–water partition coefficient (Wildman–Crippen LogP) is 1.35. The number of likely N-dealkylation sites (N-methyl/N-ethyl adjacent to an activating group) is 1. The first-order valence-corrected chi connectivity index (χ1v) is 5.68. The zero-order chi connectivity index (χ0) is 11.8. The summed E-state index contributed by atoms with van der Waals surface area (Å²) in [6.07, 6.45) is -4.45. The summed E-state index contributed by atoms with van der Waals surface area (Å²) in [5, 5.41) is 3.42. The van der Waals surface area contributed by atoms with Gasteiger partial charge in [0.2, 0.25) is 11.0 Å². The van der Waals surface area contributed by atoms with Crippen molar-refractivity contribution in [1.29, 1.82) is 0 Å². The largest absolute Gasteiger partial charge is 0.452 e. The summed E-state index contributed by atoms with van der Waals surface area (Å²) in [4.78, 5) is 5.39. The number of hydrogen-bond acceptors (Lipinski definition) is 5. The van der Waals surface area contributed by atoms with Crippen LogP contribution in [0.2, 0.25) is 0 Å². The van der Waals surface area contributed by atoms with Crippen LogP contribution in [-0.4, -0.2) is 35.0 Å². The van der Waals surface area contributed by atoms with Gasteiger partial charge in [0.15, 0.2) is 0 Å². The number of alkyl halides is 3. The standard InChI is InChI=1S/C8H11F3N4S/c1-2-15(5-3-12-4-5)7-13-6(14-16-7)8(9,10)11/h5,12H,2-4H2,1H3. The van der Waals surface area contributed by atoms with E-state index in [1.54, 1.807) is 0 Å². The fraction of sp³-hybridized carbons (Fsp3) is 0.750. The fourth-order valence-corrected chi connectivity index (χ4v) is 2.31. The summed E-state index contributed by atoms with van der Waals surface area (Å²) in [6, 6.07) is 0.235. The van der Waals surface area contributed by atoms with Gasteiger partial charge in [-0.25, -0.2) is 0 Å². The highest BCUT2D eigenvalue weighted by Gasteiger charge is 2.37. The van der Waals surface area contributed by atoms with Crippen molar-refractivity contribution in [3.05, 3.63) is 5.82 Å². The second-order valence-electron chi connectivity index (χ2n) is 3.50. The molecule has 0 aliphatic carbocycles. The van der Waals surface area contributed by atoms with Crippen molar-refractivity contribution in [3.63, 3.8) is 0 Å². The SMILES string of the molecule is CCN(c1nc(C(F)(F)F)ns1)C1CNC1. The van der Waals surface area contributed by atoms with Gasteiger partial charge in [0.1, 0.15) is 0 Å². The van der Waals surface area contributed by atoms with Crippen molar-refractivity contribution < 1.29 is 13.2 Å². The molecule has 1 N–H and O–H groups in total. The molecular formula is C8H11F3N4S. The van der Waals surface area contributed by atoms with E-state index in [0.29, 0.717) is 11.7 Å². The van der Waals surface area contributed by atoms with E-state index in [1.165, 1.54) is 0 Å². The smallest absolute Gasteiger partial charge is 0.342 e. The van der Waals surface area contributed by atoms with E-state index in [2.05, 4.69) is 14.7 Å². The van der Waals surface area contributed by atoms with E-state index >= 15 is 0 Å². The fourth-order valence-electron chi connectivity index (χ4n) is 1.49. The molecule has 2 heterocycles. The number of rotatable bonds is 3. The summed E-state index contributed by atoms with van der Waals surface area (Å²) < 4.78 is 40.3. The lowest BCUT2D eigenvalue weighted by molar-refractivity contribution is -0.144. The third-order valence-electron chi connectivity index (χ3n) is 2.46. The molecule has 1 aromatic rings. The number of aromatic nitrogens is 2. The molecule has 1 aromatic heterocycles. The van der Waals surface area contributed by atoms with Crippen molar-refractivity contribution in [2.24, 2.45) is 0 Å². The quantitative estimate of drug-likeness (QED) is 0.881. The van der Waals surface area contributed by atoms with E-state index < -0.39 is 12.0 Å². The number of nitrogens with one attached hydrogen (secondary N) is 1. The Morgan fingerprint density at radius 3 is 2.56 bits per heavy atom. The van der Waals surface area contributed by atoms with Gasteiger partial charge in [-0.15, -0.1) is 0 Å². The highest BCUT2D eigenvalue weighted by molar-refractivity contribution is 7.09. The van der Waals surface area contributed by atoms with Crippen LogP contribution in [0.25, 0.3) is 0 Å². The first-order valence-electron chi connectivity index (χ1n) is 4.90. The molecule has 16 heavy (non-hydrogen) atoms. The van der Waals surface area contributed by atoms with Crippen molar-refractivity contribution in [2.45, 2.75) is 19.1 Å². The first-order chi connectivity index (χ1) is 7.52. The molecule has 1 aliphatic rings. The summed E-state index contributed by atoms with van der Waals surface area (Å²) in [7, 11) is 0. The molecule has 1 aliphatic heterocycles. The van der Waals surface area contributed by atoms with Crippen LogP contribution in [0, 0.1) is 0 Å². The minimum Gasteiger partial charge on any atom is -0.342 e. The first kappa shape index (κ1) is 11.6. The highest BCUT2D eigenvalue weighted by Crippen LogP contribution is 2.31. The minimum absolute atomic E-state index is 0.235. The maximum Gasteiger partial charge on any atom is 0.452 e. The predicted molar refractivity (Wildman–Crippen MR) is 54.6 cm³/mol. The maximum absolute atomic E-state index is 12.3. The van der Waals surface area contributed by atoms with E-state index in [9.17, 15) is 13.2 Å². The topological polar surface area (TPSA) is 41.1 Å². The molecule has 0 bridgehead atoms. The number of hydrogen-bond donors (Lipinski definition) is 1. The van der Waals surface area contributed by atoms with Crippen LogP contribution in [-0.2, 0) is 6.18 Å². The van der Waals surface area contributed by atoms with Gasteiger partial charge in [-0.3, -0.25) is 0 Å². The number of anilines is 1. The minimum atomic E-state index is -4.45. The molecule has 4 nitrogen and oxygen atoms in total. The average molecular weight is 252 g/mol. The second kappa shape index (κ2) is 4.17. The number of halogens is 3. The van der Waals surface area contributed by atoms with E-state index in [4.69, 9.17) is 0 Å². The molecule has 0 spiro atoms. The molecule has 1 fully saturated rings. The Morgan fingerprint density at radius 2 is 2.19 bits per heavy atom. The van der Waals surface area contributed by atoms with Gasteiger partial charge in [0, 0.05) is 31.2 Å². The summed E-state index contributed by atoms with van der Waals surface area (Å²) in [5.74, 6) is -1.04. The third-order valence-corrected chi connectivity index (χ3v) is 3.21. The van der Waals surface area contributed by atoms with Gasteiger partial charge in [0.25, 0.3) is 0 Å². The summed E-state index contributed by atoms with van der Waals surface area (Å²) in [6.45, 7) is 4.11. The molecule has 8 heteroatoms. The molecule has 0 aromatic carbocycles. The Bertz CT molecular complexity index is 360. The Hall–Kier alpha value is -0.890. The van der Waals surface area contributed by atoms with Gasteiger partial charge in [0.05, 0.1) is 6.04 Å². The van der Waals surface area contributed by atoms with Crippen molar-refractivity contribution in [2.75, 3.05) is 24.5 Å². The van der Waals surface area contributed by atoms with Crippen LogP contribution in [0.4, 0.5) is 18.3 Å². The lowest BCUT2D eigenvalue weighted by atomic mass is 10.1. The Labute approximate surface area is 94.6 Å². The lowest BCUT2D eigenvalue weighted by Crippen LogP contribution is -2.57. The van der Waals surface area contributed by atoms with Crippen LogP contribution in [0.5, 0.6) is 0 Å². The normalized spacial score (nSPS) is 17.2. The molecule has 0 radical (unpaired) electrons. The summed E-state index contributed by atoms with van der Waals surface area (Å²) in [5.41, 5.74) is 0. The monoisotopic (exact) mass is 252 g/mol. The molecule has 1 saturated heterocycles. The Balaban J connectivity index is 2.16. The van der Waals surface area contributed by atoms with Gasteiger partial charge in [-0.1, -0.05) is 0 Å². The molecule has 2 rings (SSSR count). The molecule has 0 atom stereocenters. The molecular weight excluding hydrogens is 241 g/mol. The van der Waals surface area contributed by atoms with Crippen LogP contribution in [0.15, 0.2) is 0 Å². The molecule has 0 amide bonds. The van der Waals surface area contributed by atoms with Crippen LogP contribution in [0.1, 0.15) is 12.7 Å². The van der Waals surface area contributed by atoms with Crippen molar-refractivity contribution >= 4 is 16.7 Å². The Kier molecular flexibility index (Phi) is 3.02. The second-order valence-corrected chi connectivity index (χ2v) is 4.23. The van der Waals surface area contributed by atoms with Gasteiger partial charge in [-0.2, -0.15) is 22.5 Å². The Morgan fingerprint density at radius 1 is 1.50 bits per heavy atom. The van der Waals surface area contributed by atoms with Crippen LogP contribution < -0.4 is 10.2 Å². The average Bonchev–Trinajstić information content (AvgIpc) is 2.58. The van der Waals surface area contributed by atoms with Crippen LogP contribution >= 0.6 is 11.5 Å². The van der Waals surface area contributed by atoms with Crippen LogP contribution in [0.3, 0.4) is 0 Å². The van der Waals surface area contributed by atoms with Gasteiger partial charge >= 0.3 is 6.18 Å². The van der Waals surface area contributed by atoms with Gasteiger partial charge in [-0.05, 0) is 6.92 Å². The van der Waals surface area contributed by atoms with Gasteiger partial charge < -0.3 is 10.2 Å². The molecule has 0 saturated carbocycles. The maximum atomic E-state index is 12.3. The molecule has 0 unspecified atom stereocenters. The van der Waals surface area contributed by atoms with E-state index in [1.807, 2.05) is 11.8 Å². The highest BCUT2D eigenvalue weighted by atomic mass is 32.1. The zero-order valence-electron chi connectivity index (χ0n) is 8.58. The van der Waals surface area contributed by atoms with Crippen molar-refractivity contribution in [3.8, 4) is 0 Å². The molecule has 90 valence electrons. The number of nitrogens with zero attached hydrogens (tertiary/aromatic N) is 3. The lowest BCUT2D eigenvalue weighted by Gasteiger charge is -2.37. The summed E-state index contributed by atoms with van der Waals surface area (Å²) >= 11 is 0.804.